The molecule has 1 heterocycles. The molecule has 2 rings (SSSR count). The van der Waals surface area contributed by atoms with Gasteiger partial charge in [0, 0.05) is 19.6 Å². The fourth-order valence-corrected chi connectivity index (χ4v) is 2.76. The van der Waals surface area contributed by atoms with E-state index in [4.69, 9.17) is 4.74 Å². The topological polar surface area (TPSA) is 67.6 Å². The number of para-hydroxylation sites is 1. The first kappa shape index (κ1) is 15.6. The second-order valence-electron chi connectivity index (χ2n) is 5.52. The van der Waals surface area contributed by atoms with E-state index in [1.807, 2.05) is 37.8 Å². The van der Waals surface area contributed by atoms with Gasteiger partial charge in [-0.2, -0.15) is 0 Å². The smallest absolute Gasteiger partial charge is 0.315 e. The number of anilines is 2. The third-order valence-corrected chi connectivity index (χ3v) is 3.52. The van der Waals surface area contributed by atoms with Gasteiger partial charge in [-0.25, -0.2) is 0 Å². The summed E-state index contributed by atoms with van der Waals surface area (Å²) in [4.78, 5) is 13.3. The Morgan fingerprint density at radius 1 is 1.38 bits per heavy atom. The average molecular weight is 293 g/mol. The Kier molecular flexibility index (Phi) is 5.01. The van der Waals surface area contributed by atoms with Gasteiger partial charge in [-0.1, -0.05) is 13.0 Å². The van der Waals surface area contributed by atoms with Crippen LogP contribution in [0.15, 0.2) is 18.2 Å². The molecule has 1 aromatic rings. The number of nitro groups is 1. The zero-order valence-electron chi connectivity index (χ0n) is 12.8. The fraction of sp³-hybridized carbons (Fsp3) is 0.600. The van der Waals surface area contributed by atoms with E-state index in [-0.39, 0.29) is 22.8 Å². The maximum absolute atomic E-state index is 11.5. The van der Waals surface area contributed by atoms with Gasteiger partial charge in [0.25, 0.3) is 0 Å². The van der Waals surface area contributed by atoms with Gasteiger partial charge in [0.2, 0.25) is 0 Å². The molecule has 0 bridgehead atoms. The first-order valence-electron chi connectivity index (χ1n) is 7.44. The molecule has 1 fully saturated rings. The zero-order valence-corrected chi connectivity index (χ0v) is 12.8. The Morgan fingerprint density at radius 3 is 2.62 bits per heavy atom. The van der Waals surface area contributed by atoms with Crippen LogP contribution in [0.1, 0.15) is 27.2 Å². The largest absolute Gasteiger partial charge is 0.379 e. The average Bonchev–Trinajstić information content (AvgIpc) is 2.43. The van der Waals surface area contributed by atoms with Crippen molar-refractivity contribution in [1.82, 2.24) is 0 Å². The van der Waals surface area contributed by atoms with E-state index >= 15 is 0 Å². The molecule has 1 saturated heterocycles. The highest BCUT2D eigenvalue weighted by Gasteiger charge is 2.29. The molecule has 1 aliphatic heterocycles. The maximum Gasteiger partial charge on any atom is 0.315 e. The summed E-state index contributed by atoms with van der Waals surface area (Å²) in [6.45, 7) is 8.08. The molecule has 0 spiro atoms. The number of ether oxygens (including phenoxy) is 1. The van der Waals surface area contributed by atoms with Crippen molar-refractivity contribution in [3.63, 3.8) is 0 Å². The molecule has 2 atom stereocenters. The van der Waals surface area contributed by atoms with Crippen LogP contribution in [-0.4, -0.2) is 36.8 Å². The number of nitrogens with one attached hydrogen (secondary N) is 1. The Bertz CT molecular complexity index is 497. The number of nitrogens with zero attached hydrogens (tertiary/aromatic N) is 2. The highest BCUT2D eigenvalue weighted by Crippen LogP contribution is 2.36. The second-order valence-corrected chi connectivity index (χ2v) is 5.52. The Labute approximate surface area is 125 Å². The van der Waals surface area contributed by atoms with Crippen LogP contribution < -0.4 is 10.2 Å². The highest BCUT2D eigenvalue weighted by molar-refractivity contribution is 5.77. The summed E-state index contributed by atoms with van der Waals surface area (Å²) < 4.78 is 5.71. The minimum absolute atomic E-state index is 0.0700. The minimum Gasteiger partial charge on any atom is -0.379 e. The van der Waals surface area contributed by atoms with E-state index in [0.29, 0.717) is 24.5 Å². The molecule has 2 unspecified atom stereocenters. The summed E-state index contributed by atoms with van der Waals surface area (Å²) in [5, 5.41) is 14.7. The standard InChI is InChI=1S/C15H23N3O3/c1-4-8-16-13-6-5-7-14(15(13)18(19)20)17-9-11(2)21-12(3)10-17/h5-7,11-12,16H,4,8-10H2,1-3H3. The molecular weight excluding hydrogens is 270 g/mol. The Balaban J connectivity index is 2.35. The first-order valence-corrected chi connectivity index (χ1v) is 7.44. The van der Waals surface area contributed by atoms with Crippen LogP contribution in [0.25, 0.3) is 0 Å². The lowest BCUT2D eigenvalue weighted by atomic mass is 10.1. The normalized spacial score (nSPS) is 22.1. The SMILES string of the molecule is CCCNc1cccc(N2CC(C)OC(C)C2)c1[N+](=O)[O-]. The first-order chi connectivity index (χ1) is 10.0. The monoisotopic (exact) mass is 293 g/mol. The van der Waals surface area contributed by atoms with Crippen molar-refractivity contribution in [2.75, 3.05) is 29.9 Å². The van der Waals surface area contributed by atoms with Gasteiger partial charge >= 0.3 is 5.69 Å². The molecule has 21 heavy (non-hydrogen) atoms. The number of hydrogen-bond donors (Lipinski definition) is 1. The molecule has 1 N–H and O–H groups in total. The number of rotatable bonds is 5. The lowest BCUT2D eigenvalue weighted by Crippen LogP contribution is -2.45. The van der Waals surface area contributed by atoms with Crippen molar-refractivity contribution >= 4 is 17.1 Å². The number of hydrogen-bond acceptors (Lipinski definition) is 5. The third kappa shape index (κ3) is 3.64. The van der Waals surface area contributed by atoms with Crippen LogP contribution in [-0.2, 0) is 4.74 Å². The van der Waals surface area contributed by atoms with Crippen LogP contribution in [0.4, 0.5) is 17.1 Å². The van der Waals surface area contributed by atoms with Gasteiger partial charge in [-0.05, 0) is 32.4 Å². The molecule has 1 aromatic carbocycles. The molecule has 6 heteroatoms. The molecule has 1 aliphatic rings. The van der Waals surface area contributed by atoms with E-state index in [1.165, 1.54) is 0 Å². The van der Waals surface area contributed by atoms with Crippen molar-refractivity contribution in [1.29, 1.82) is 0 Å². The molecular formula is C15H23N3O3. The maximum atomic E-state index is 11.5. The third-order valence-electron chi connectivity index (χ3n) is 3.52. The highest BCUT2D eigenvalue weighted by atomic mass is 16.6. The van der Waals surface area contributed by atoms with Crippen molar-refractivity contribution in [3.8, 4) is 0 Å². The molecule has 0 aromatic heterocycles. The number of morpholine rings is 1. The van der Waals surface area contributed by atoms with Crippen molar-refractivity contribution in [3.05, 3.63) is 28.3 Å². The lowest BCUT2D eigenvalue weighted by molar-refractivity contribution is -0.383. The summed E-state index contributed by atoms with van der Waals surface area (Å²) in [6, 6.07) is 5.45. The van der Waals surface area contributed by atoms with Gasteiger partial charge in [-0.15, -0.1) is 0 Å². The predicted molar refractivity (Wildman–Crippen MR) is 84.1 cm³/mol. The second kappa shape index (κ2) is 6.76. The van der Waals surface area contributed by atoms with E-state index in [9.17, 15) is 10.1 Å². The molecule has 116 valence electrons. The Hall–Kier alpha value is -1.82. The quantitative estimate of drug-likeness (QED) is 0.667. The fourth-order valence-electron chi connectivity index (χ4n) is 2.76. The van der Waals surface area contributed by atoms with Gasteiger partial charge in [-0.3, -0.25) is 10.1 Å². The van der Waals surface area contributed by atoms with Gasteiger partial charge in [0.15, 0.2) is 0 Å². The summed E-state index contributed by atoms with van der Waals surface area (Å²) in [5.41, 5.74) is 1.42. The van der Waals surface area contributed by atoms with Crippen molar-refractivity contribution < 1.29 is 9.66 Å². The summed E-state index contributed by atoms with van der Waals surface area (Å²) in [5.74, 6) is 0. The van der Waals surface area contributed by atoms with E-state index in [1.54, 1.807) is 6.07 Å². The van der Waals surface area contributed by atoms with Crippen LogP contribution in [0.2, 0.25) is 0 Å². The van der Waals surface area contributed by atoms with Gasteiger partial charge < -0.3 is 15.0 Å². The van der Waals surface area contributed by atoms with Crippen LogP contribution in [0, 0.1) is 10.1 Å². The molecule has 0 amide bonds. The minimum atomic E-state index is -0.294. The number of nitro benzene ring substituents is 1. The van der Waals surface area contributed by atoms with E-state index in [2.05, 4.69) is 5.32 Å². The predicted octanol–water partition coefficient (Wildman–Crippen LogP) is 3.03. The molecule has 6 nitrogen and oxygen atoms in total. The summed E-state index contributed by atoms with van der Waals surface area (Å²) in [7, 11) is 0. The number of benzene rings is 1. The van der Waals surface area contributed by atoms with Crippen LogP contribution >= 0.6 is 0 Å². The van der Waals surface area contributed by atoms with Crippen LogP contribution in [0.5, 0.6) is 0 Å². The van der Waals surface area contributed by atoms with Crippen molar-refractivity contribution in [2.24, 2.45) is 0 Å². The summed E-state index contributed by atoms with van der Waals surface area (Å²) >= 11 is 0. The molecule has 0 radical (unpaired) electrons. The Morgan fingerprint density at radius 2 is 2.05 bits per heavy atom. The van der Waals surface area contributed by atoms with E-state index in [0.717, 1.165) is 13.0 Å². The van der Waals surface area contributed by atoms with Gasteiger partial charge in [0.05, 0.1) is 17.1 Å². The zero-order chi connectivity index (χ0) is 15.4. The van der Waals surface area contributed by atoms with Gasteiger partial charge in [0.1, 0.15) is 11.4 Å². The van der Waals surface area contributed by atoms with Crippen molar-refractivity contribution in [2.45, 2.75) is 39.4 Å². The molecule has 0 saturated carbocycles. The van der Waals surface area contributed by atoms with E-state index < -0.39 is 0 Å². The summed E-state index contributed by atoms with van der Waals surface area (Å²) in [6.07, 6.45) is 1.06. The molecule has 0 aliphatic carbocycles. The lowest BCUT2D eigenvalue weighted by Gasteiger charge is -2.36. The van der Waals surface area contributed by atoms with Crippen LogP contribution in [0.3, 0.4) is 0 Å².